The fourth-order valence-electron chi connectivity index (χ4n) is 3.43. The van der Waals surface area contributed by atoms with Crippen LogP contribution >= 0.6 is 11.6 Å². The molecule has 1 amide bonds. The molecule has 1 N–H and O–H groups in total. The molecule has 0 fully saturated rings. The molecule has 30 heavy (non-hydrogen) atoms. The Bertz CT molecular complexity index is 1220. The third-order valence-electron chi connectivity index (χ3n) is 4.92. The maximum absolute atomic E-state index is 12.8. The van der Waals surface area contributed by atoms with Crippen molar-refractivity contribution in [1.82, 2.24) is 14.9 Å². The number of rotatable bonds is 6. The molecule has 1 heterocycles. The largest absolute Gasteiger partial charge is 0.347 e. The summed E-state index contributed by atoms with van der Waals surface area (Å²) in [6.07, 6.45) is 2.05. The lowest BCUT2D eigenvalue weighted by Gasteiger charge is -2.20. The number of carbonyl (C=O) groups is 1. The molecule has 0 saturated heterocycles. The number of halogens is 1. The predicted octanol–water partition coefficient (Wildman–Crippen LogP) is 4.15. The van der Waals surface area contributed by atoms with Gasteiger partial charge in [-0.15, -0.1) is 0 Å². The Morgan fingerprint density at radius 3 is 2.43 bits per heavy atom. The van der Waals surface area contributed by atoms with E-state index in [1.807, 2.05) is 60.7 Å². The molecular formula is C24H20ClN3O2. The van der Waals surface area contributed by atoms with Gasteiger partial charge in [0, 0.05) is 5.02 Å². The molecule has 0 spiro atoms. The molecule has 150 valence electrons. The molecule has 0 aliphatic carbocycles. The van der Waals surface area contributed by atoms with Crippen LogP contribution in [-0.4, -0.2) is 15.5 Å². The van der Waals surface area contributed by atoms with E-state index in [1.54, 1.807) is 18.2 Å². The van der Waals surface area contributed by atoms with E-state index in [2.05, 4.69) is 10.3 Å². The highest BCUT2D eigenvalue weighted by molar-refractivity contribution is 6.31. The molecule has 0 saturated carbocycles. The molecule has 6 heteroatoms. The molecule has 0 unspecified atom stereocenters. The highest BCUT2D eigenvalue weighted by Crippen LogP contribution is 2.18. The number of nitrogens with one attached hydrogen (secondary N) is 1. The van der Waals surface area contributed by atoms with Crippen molar-refractivity contribution in [3.8, 4) is 0 Å². The lowest BCUT2D eigenvalue weighted by molar-refractivity contribution is -0.122. The van der Waals surface area contributed by atoms with E-state index >= 15 is 0 Å². The summed E-state index contributed by atoms with van der Waals surface area (Å²) in [6.45, 7) is -0.119. The standard InChI is InChI=1S/C24H20ClN3O2/c25-19-11-12-21-20(14-19)24(30)28(16-26-21)15-23(29)27-22(18-9-5-2-6-10-18)13-17-7-3-1-4-8-17/h1-12,14,16,22H,13,15H2,(H,27,29)/t22-/m0/s1. The smallest absolute Gasteiger partial charge is 0.261 e. The summed E-state index contributed by atoms with van der Waals surface area (Å²) >= 11 is 6.01. The molecule has 3 aromatic carbocycles. The quantitative estimate of drug-likeness (QED) is 0.512. The maximum atomic E-state index is 12.8. The average molecular weight is 418 g/mol. The Morgan fingerprint density at radius 2 is 1.70 bits per heavy atom. The molecule has 1 aromatic heterocycles. The lowest BCUT2D eigenvalue weighted by Crippen LogP contribution is -2.35. The summed E-state index contributed by atoms with van der Waals surface area (Å²) in [5.74, 6) is -0.259. The minimum Gasteiger partial charge on any atom is -0.347 e. The molecule has 5 nitrogen and oxygen atoms in total. The van der Waals surface area contributed by atoms with Crippen molar-refractivity contribution < 1.29 is 4.79 Å². The highest BCUT2D eigenvalue weighted by atomic mass is 35.5. The van der Waals surface area contributed by atoms with Crippen molar-refractivity contribution in [2.75, 3.05) is 0 Å². The van der Waals surface area contributed by atoms with Crippen LogP contribution in [0.5, 0.6) is 0 Å². The van der Waals surface area contributed by atoms with Gasteiger partial charge in [0.2, 0.25) is 5.91 Å². The topological polar surface area (TPSA) is 64.0 Å². The van der Waals surface area contributed by atoms with Crippen LogP contribution in [0.25, 0.3) is 10.9 Å². The number of carbonyl (C=O) groups excluding carboxylic acids is 1. The summed E-state index contributed by atoms with van der Waals surface area (Å²) in [7, 11) is 0. The SMILES string of the molecule is O=C(Cn1cnc2ccc(Cl)cc2c1=O)N[C@@H](Cc1ccccc1)c1ccccc1. The van der Waals surface area contributed by atoms with E-state index < -0.39 is 0 Å². The van der Waals surface area contributed by atoms with Crippen LogP contribution in [0.2, 0.25) is 5.02 Å². The van der Waals surface area contributed by atoms with Crippen LogP contribution in [0.3, 0.4) is 0 Å². The molecule has 0 bridgehead atoms. The van der Waals surface area contributed by atoms with Crippen molar-refractivity contribution in [3.05, 3.63) is 112 Å². The van der Waals surface area contributed by atoms with Crippen molar-refractivity contribution in [2.45, 2.75) is 19.0 Å². The van der Waals surface area contributed by atoms with E-state index in [4.69, 9.17) is 11.6 Å². The van der Waals surface area contributed by atoms with Crippen LogP contribution in [-0.2, 0) is 17.8 Å². The predicted molar refractivity (Wildman–Crippen MR) is 118 cm³/mol. The van der Waals surface area contributed by atoms with Gasteiger partial charge in [-0.3, -0.25) is 14.2 Å². The number of nitrogens with zero attached hydrogens (tertiary/aromatic N) is 2. The second kappa shape index (κ2) is 8.93. The zero-order valence-electron chi connectivity index (χ0n) is 16.2. The van der Waals surface area contributed by atoms with Gasteiger partial charge >= 0.3 is 0 Å². The minimum absolute atomic E-state index is 0.119. The summed E-state index contributed by atoms with van der Waals surface area (Å²) in [5, 5.41) is 3.91. The van der Waals surface area contributed by atoms with Gasteiger partial charge in [0.15, 0.2) is 0 Å². The van der Waals surface area contributed by atoms with Crippen LogP contribution in [0, 0.1) is 0 Å². The number of amides is 1. The Kier molecular flexibility index (Phi) is 5.91. The Balaban J connectivity index is 1.56. The summed E-state index contributed by atoms with van der Waals surface area (Å²) < 4.78 is 1.30. The third kappa shape index (κ3) is 4.58. The van der Waals surface area contributed by atoms with Gasteiger partial charge in [0.05, 0.1) is 23.3 Å². The average Bonchev–Trinajstić information content (AvgIpc) is 2.77. The molecule has 0 aliphatic rings. The molecule has 4 aromatic rings. The van der Waals surface area contributed by atoms with Crippen molar-refractivity contribution in [2.24, 2.45) is 0 Å². The van der Waals surface area contributed by atoms with Crippen molar-refractivity contribution in [3.63, 3.8) is 0 Å². The molecule has 0 radical (unpaired) electrons. The number of benzene rings is 3. The molecular weight excluding hydrogens is 398 g/mol. The fraction of sp³-hybridized carbons (Fsp3) is 0.125. The number of fused-ring (bicyclic) bond motifs is 1. The van der Waals surface area contributed by atoms with E-state index in [1.165, 1.54) is 10.9 Å². The zero-order valence-corrected chi connectivity index (χ0v) is 16.9. The van der Waals surface area contributed by atoms with E-state index in [0.717, 1.165) is 11.1 Å². The van der Waals surface area contributed by atoms with Gasteiger partial charge in [-0.05, 0) is 35.7 Å². The Morgan fingerprint density at radius 1 is 1.00 bits per heavy atom. The molecule has 4 rings (SSSR count). The second-order valence-corrected chi connectivity index (χ2v) is 7.50. The van der Waals surface area contributed by atoms with Crippen LogP contribution < -0.4 is 10.9 Å². The van der Waals surface area contributed by atoms with Gasteiger partial charge in [-0.1, -0.05) is 72.3 Å². The third-order valence-corrected chi connectivity index (χ3v) is 5.15. The first kappa shape index (κ1) is 19.9. The van der Waals surface area contributed by atoms with Crippen molar-refractivity contribution >= 4 is 28.4 Å². The highest BCUT2D eigenvalue weighted by Gasteiger charge is 2.16. The van der Waals surface area contributed by atoms with Gasteiger partial charge < -0.3 is 5.32 Å². The normalized spacial score (nSPS) is 11.9. The van der Waals surface area contributed by atoms with Crippen LogP contribution in [0.15, 0.2) is 90.0 Å². The molecule has 0 aliphatic heterocycles. The lowest BCUT2D eigenvalue weighted by atomic mass is 9.99. The summed E-state index contributed by atoms with van der Waals surface area (Å²) in [6, 6.07) is 24.5. The number of aromatic nitrogens is 2. The first-order valence-electron chi connectivity index (χ1n) is 9.63. The summed E-state index contributed by atoms with van der Waals surface area (Å²) in [4.78, 5) is 29.8. The van der Waals surface area contributed by atoms with E-state index in [0.29, 0.717) is 22.3 Å². The summed E-state index contributed by atoms with van der Waals surface area (Å²) in [5.41, 5.74) is 2.38. The number of hydrogen-bond acceptors (Lipinski definition) is 3. The Labute approximate surface area is 179 Å². The molecule has 1 atom stereocenters. The van der Waals surface area contributed by atoms with Crippen molar-refractivity contribution in [1.29, 1.82) is 0 Å². The zero-order chi connectivity index (χ0) is 20.9. The van der Waals surface area contributed by atoms with Crippen LogP contribution in [0.4, 0.5) is 0 Å². The van der Waals surface area contributed by atoms with Gasteiger partial charge in [0.25, 0.3) is 5.56 Å². The van der Waals surface area contributed by atoms with E-state index in [9.17, 15) is 9.59 Å². The van der Waals surface area contributed by atoms with E-state index in [-0.39, 0.29) is 24.1 Å². The van der Waals surface area contributed by atoms with Gasteiger partial charge in [-0.25, -0.2) is 4.98 Å². The van der Waals surface area contributed by atoms with Gasteiger partial charge in [0.1, 0.15) is 6.54 Å². The fourth-order valence-corrected chi connectivity index (χ4v) is 3.60. The monoisotopic (exact) mass is 417 g/mol. The first-order chi connectivity index (χ1) is 14.6. The van der Waals surface area contributed by atoms with Crippen LogP contribution in [0.1, 0.15) is 17.2 Å². The number of hydrogen-bond donors (Lipinski definition) is 1. The minimum atomic E-state index is -0.294. The van der Waals surface area contributed by atoms with Gasteiger partial charge in [-0.2, -0.15) is 0 Å². The first-order valence-corrected chi connectivity index (χ1v) is 10.0. The Hall–Kier alpha value is -3.44. The maximum Gasteiger partial charge on any atom is 0.261 e. The second-order valence-electron chi connectivity index (χ2n) is 7.06.